The minimum absolute atomic E-state index is 0.286. The molecule has 0 aliphatic heterocycles. The first-order valence-electron chi connectivity index (χ1n) is 9.13. The minimum Gasteiger partial charge on any atom is -0.422 e. The number of esters is 1. The molecule has 0 amide bonds. The highest BCUT2D eigenvalue weighted by Crippen LogP contribution is 2.38. The second-order valence-corrected chi connectivity index (χ2v) is 8.62. The maximum atomic E-state index is 12.5. The van der Waals surface area contributed by atoms with Crippen LogP contribution in [0.2, 0.25) is 0 Å². The number of ether oxygens (including phenoxy) is 1. The predicted octanol–water partition coefficient (Wildman–Crippen LogP) is 7.19. The molecule has 0 N–H and O–H groups in total. The highest BCUT2D eigenvalue weighted by molar-refractivity contribution is 7.30. The third-order valence-electron chi connectivity index (χ3n) is 4.42. The van der Waals surface area contributed by atoms with E-state index in [0.717, 1.165) is 15.8 Å². The molecule has 4 aromatic rings. The Bertz CT molecular complexity index is 1010. The Morgan fingerprint density at radius 1 is 0.926 bits per heavy atom. The van der Waals surface area contributed by atoms with Crippen molar-refractivity contribution in [2.45, 2.75) is 26.2 Å². The molecule has 0 bridgehead atoms. The lowest BCUT2D eigenvalue weighted by Gasteiger charge is -2.04. The number of thiophene rings is 2. The van der Waals surface area contributed by atoms with Gasteiger partial charge in [-0.2, -0.15) is 0 Å². The van der Waals surface area contributed by atoms with E-state index in [1.165, 1.54) is 40.2 Å². The van der Waals surface area contributed by atoms with Crippen molar-refractivity contribution in [3.8, 4) is 16.2 Å². The van der Waals surface area contributed by atoms with Gasteiger partial charge in [0.05, 0.1) is 0 Å². The van der Waals surface area contributed by atoms with Gasteiger partial charge in [-0.3, -0.25) is 0 Å². The lowest BCUT2D eigenvalue weighted by Crippen LogP contribution is -2.06. The molecule has 0 aliphatic rings. The fourth-order valence-corrected chi connectivity index (χ4v) is 5.22. The van der Waals surface area contributed by atoms with Gasteiger partial charge < -0.3 is 4.74 Å². The van der Waals surface area contributed by atoms with Gasteiger partial charge in [-0.1, -0.05) is 55.8 Å². The summed E-state index contributed by atoms with van der Waals surface area (Å²) >= 11 is 3.20. The van der Waals surface area contributed by atoms with Crippen molar-refractivity contribution in [3.05, 3.63) is 77.2 Å². The average molecular weight is 393 g/mol. The first kappa shape index (κ1) is 18.0. The van der Waals surface area contributed by atoms with Crippen LogP contribution in [0.3, 0.4) is 0 Å². The normalized spacial score (nSPS) is 11.0. The molecule has 0 fully saturated rings. The number of unbranched alkanes of at least 4 members (excludes halogenated alkanes) is 1. The highest BCUT2D eigenvalue weighted by Gasteiger charge is 2.15. The minimum atomic E-state index is -0.286. The van der Waals surface area contributed by atoms with Crippen molar-refractivity contribution in [2.24, 2.45) is 0 Å². The number of hydrogen-bond donors (Lipinski definition) is 0. The largest absolute Gasteiger partial charge is 0.422 e. The Balaban J connectivity index is 1.47. The Kier molecular flexibility index (Phi) is 5.37. The number of benzene rings is 2. The standard InChI is InChI=1S/C23H20O2S2/c1-2-3-7-16-10-12-18(13-11-16)25-23(24)22-15-21-20(27-22)14-19(26-21)17-8-5-4-6-9-17/h4-6,8-15H,2-3,7H2,1H3. The van der Waals surface area contributed by atoms with Gasteiger partial charge in [-0.05, 0) is 48.2 Å². The molecule has 0 atom stereocenters. The van der Waals surface area contributed by atoms with Crippen LogP contribution in [-0.4, -0.2) is 5.97 Å². The summed E-state index contributed by atoms with van der Waals surface area (Å²) in [5, 5.41) is 0. The van der Waals surface area contributed by atoms with Gasteiger partial charge >= 0.3 is 5.97 Å². The van der Waals surface area contributed by atoms with E-state index in [2.05, 4.69) is 25.1 Å². The van der Waals surface area contributed by atoms with Crippen LogP contribution < -0.4 is 4.74 Å². The summed E-state index contributed by atoms with van der Waals surface area (Å²) in [5.74, 6) is 0.313. The van der Waals surface area contributed by atoms with Crippen LogP contribution in [0.15, 0.2) is 66.7 Å². The molecule has 0 aliphatic carbocycles. The first-order valence-corrected chi connectivity index (χ1v) is 10.8. The van der Waals surface area contributed by atoms with Crippen LogP contribution in [0.5, 0.6) is 5.75 Å². The van der Waals surface area contributed by atoms with Crippen LogP contribution in [0.1, 0.15) is 35.0 Å². The van der Waals surface area contributed by atoms with E-state index >= 15 is 0 Å². The second kappa shape index (κ2) is 8.07. The number of carbonyl (C=O) groups excluding carboxylic acids is 1. The molecule has 2 heterocycles. The quantitative estimate of drug-likeness (QED) is 0.256. The zero-order chi connectivity index (χ0) is 18.6. The van der Waals surface area contributed by atoms with E-state index in [-0.39, 0.29) is 5.97 Å². The lowest BCUT2D eigenvalue weighted by molar-refractivity contribution is 0.0740. The molecule has 0 radical (unpaired) electrons. The lowest BCUT2D eigenvalue weighted by atomic mass is 10.1. The molecule has 4 rings (SSSR count). The van der Waals surface area contributed by atoms with Crippen molar-refractivity contribution in [1.29, 1.82) is 0 Å². The number of hydrogen-bond acceptors (Lipinski definition) is 4. The molecule has 0 saturated heterocycles. The van der Waals surface area contributed by atoms with Crippen molar-refractivity contribution in [1.82, 2.24) is 0 Å². The molecular weight excluding hydrogens is 372 g/mol. The van der Waals surface area contributed by atoms with E-state index in [1.54, 1.807) is 11.3 Å². The first-order chi connectivity index (χ1) is 13.2. The molecule has 2 aromatic carbocycles. The fourth-order valence-electron chi connectivity index (χ4n) is 2.94. The predicted molar refractivity (Wildman–Crippen MR) is 115 cm³/mol. The monoisotopic (exact) mass is 392 g/mol. The zero-order valence-electron chi connectivity index (χ0n) is 15.1. The summed E-state index contributed by atoms with van der Waals surface area (Å²) in [4.78, 5) is 14.4. The summed E-state index contributed by atoms with van der Waals surface area (Å²) in [5.41, 5.74) is 2.49. The van der Waals surface area contributed by atoms with Gasteiger partial charge in [0, 0.05) is 14.3 Å². The van der Waals surface area contributed by atoms with Gasteiger partial charge in [0.2, 0.25) is 0 Å². The molecule has 2 nitrogen and oxygen atoms in total. The molecule has 0 saturated carbocycles. The van der Waals surface area contributed by atoms with Gasteiger partial charge in [-0.15, -0.1) is 22.7 Å². The molecular formula is C23H20O2S2. The van der Waals surface area contributed by atoms with Gasteiger partial charge in [0.25, 0.3) is 0 Å². The van der Waals surface area contributed by atoms with Gasteiger partial charge in [0.1, 0.15) is 10.6 Å². The van der Waals surface area contributed by atoms with E-state index < -0.39 is 0 Å². The average Bonchev–Trinajstić information content (AvgIpc) is 3.27. The summed E-state index contributed by atoms with van der Waals surface area (Å²) in [7, 11) is 0. The van der Waals surface area contributed by atoms with Crippen LogP contribution in [-0.2, 0) is 6.42 Å². The maximum Gasteiger partial charge on any atom is 0.353 e. The Morgan fingerprint density at radius 2 is 1.67 bits per heavy atom. The smallest absolute Gasteiger partial charge is 0.353 e. The molecule has 27 heavy (non-hydrogen) atoms. The van der Waals surface area contributed by atoms with Crippen molar-refractivity contribution in [2.75, 3.05) is 0 Å². The number of fused-ring (bicyclic) bond motifs is 1. The van der Waals surface area contributed by atoms with E-state index in [1.807, 2.05) is 48.5 Å². The molecule has 2 aromatic heterocycles. The summed E-state index contributed by atoms with van der Waals surface area (Å²) < 4.78 is 7.80. The summed E-state index contributed by atoms with van der Waals surface area (Å²) in [6.07, 6.45) is 3.42. The maximum absolute atomic E-state index is 12.5. The SMILES string of the molecule is CCCCc1ccc(OC(=O)c2cc3sc(-c4ccccc4)cc3s2)cc1. The zero-order valence-corrected chi connectivity index (χ0v) is 16.7. The Morgan fingerprint density at radius 3 is 2.37 bits per heavy atom. The van der Waals surface area contributed by atoms with Crippen molar-refractivity contribution in [3.63, 3.8) is 0 Å². The number of rotatable bonds is 6. The van der Waals surface area contributed by atoms with E-state index in [9.17, 15) is 4.79 Å². The highest BCUT2D eigenvalue weighted by atomic mass is 32.1. The summed E-state index contributed by atoms with van der Waals surface area (Å²) in [6.45, 7) is 2.19. The van der Waals surface area contributed by atoms with E-state index in [4.69, 9.17) is 4.74 Å². The molecule has 136 valence electrons. The Labute approximate surface area is 167 Å². The van der Waals surface area contributed by atoms with Crippen molar-refractivity contribution < 1.29 is 9.53 Å². The number of carbonyl (C=O) groups is 1. The third-order valence-corrected chi connectivity index (χ3v) is 6.74. The van der Waals surface area contributed by atoms with E-state index in [0.29, 0.717) is 10.6 Å². The molecule has 0 unspecified atom stereocenters. The molecule has 4 heteroatoms. The van der Waals surface area contributed by atoms with Crippen LogP contribution >= 0.6 is 22.7 Å². The van der Waals surface area contributed by atoms with Gasteiger partial charge in [0.15, 0.2) is 0 Å². The summed E-state index contributed by atoms with van der Waals surface area (Å²) in [6, 6.07) is 22.2. The van der Waals surface area contributed by atoms with Crippen LogP contribution in [0, 0.1) is 0 Å². The Hall–Kier alpha value is -2.43. The number of aryl methyl sites for hydroxylation is 1. The second-order valence-electron chi connectivity index (χ2n) is 6.45. The third kappa shape index (κ3) is 4.12. The van der Waals surface area contributed by atoms with Gasteiger partial charge in [-0.25, -0.2) is 4.79 Å². The molecule has 0 spiro atoms. The fraction of sp³-hybridized carbons (Fsp3) is 0.174. The van der Waals surface area contributed by atoms with Crippen LogP contribution in [0.4, 0.5) is 0 Å². The topological polar surface area (TPSA) is 26.3 Å². The van der Waals surface area contributed by atoms with Crippen LogP contribution in [0.25, 0.3) is 19.8 Å². The van der Waals surface area contributed by atoms with Crippen molar-refractivity contribution >= 4 is 38.0 Å².